The molecule has 0 aliphatic rings. The largest absolute Gasteiger partial charge is 0.244 e. The van der Waals surface area contributed by atoms with Crippen LogP contribution in [0.5, 0.6) is 0 Å². The molecule has 1 aromatic heterocycles. The van der Waals surface area contributed by atoms with Crippen molar-refractivity contribution in [1.82, 2.24) is 4.98 Å². The number of benzene rings is 6. The number of nitrogens with zero attached hydrogens (tertiary/aromatic N) is 2. The zero-order valence-electron chi connectivity index (χ0n) is 31.7. The van der Waals surface area contributed by atoms with Gasteiger partial charge in [-0.3, -0.25) is 0 Å². The van der Waals surface area contributed by atoms with Crippen LogP contribution in [-0.4, -0.2) is 11.1 Å². The van der Waals surface area contributed by atoms with Gasteiger partial charge in [0.05, 0.1) is 6.20 Å². The number of aryl methyl sites for hydroxylation is 1. The number of aromatic nitrogens is 2. The first kappa shape index (κ1) is 47.5. The van der Waals surface area contributed by atoms with E-state index in [-0.39, 0.29) is 0 Å². The van der Waals surface area contributed by atoms with Crippen molar-refractivity contribution >= 4 is 28.0 Å². The molecule has 0 saturated carbocycles. The molecule has 6 aromatic carbocycles. The second-order valence-electron chi connectivity index (χ2n) is 13.8. The van der Waals surface area contributed by atoms with E-state index >= 15 is 35.1 Å². The number of hydrogen-bond donors (Lipinski definition) is 0. The molecular formula is C42H17BF20N2. The molecule has 0 saturated heterocycles. The third-order valence-corrected chi connectivity index (χ3v) is 9.99. The van der Waals surface area contributed by atoms with Crippen LogP contribution < -0.4 is 26.4 Å². The lowest BCUT2D eigenvalue weighted by Crippen LogP contribution is -2.81. The molecule has 0 aliphatic heterocycles. The van der Waals surface area contributed by atoms with E-state index in [1.54, 1.807) is 0 Å². The summed E-state index contributed by atoms with van der Waals surface area (Å²) in [5.41, 5.74) is -9.62. The SMILES string of the molecule is Cc1cccc(-c2c[n+](Cc3ccccc3)ccn2)c1.Fc1c(F)c(F)c([B-](c2c(F)c(F)c(F)c(F)c2F)(c2c(F)c(F)c(F)c(F)c2F)c2c(F)c(F)c(F)c(F)c2F)c(F)c1F. The highest BCUT2D eigenvalue weighted by Gasteiger charge is 2.52. The van der Waals surface area contributed by atoms with E-state index in [2.05, 4.69) is 71.2 Å². The zero-order chi connectivity index (χ0) is 48.1. The van der Waals surface area contributed by atoms with E-state index in [1.807, 2.05) is 18.5 Å². The lowest BCUT2D eigenvalue weighted by atomic mass is 9.12. The van der Waals surface area contributed by atoms with Gasteiger partial charge in [-0.2, -0.15) is 4.57 Å². The molecule has 7 rings (SSSR count). The Kier molecular flexibility index (Phi) is 13.1. The van der Waals surface area contributed by atoms with Gasteiger partial charge in [0.25, 0.3) is 0 Å². The second kappa shape index (κ2) is 17.9. The Morgan fingerprint density at radius 1 is 0.400 bits per heavy atom. The monoisotopic (exact) mass is 940 g/mol. The lowest BCUT2D eigenvalue weighted by Gasteiger charge is -2.44. The van der Waals surface area contributed by atoms with Crippen LogP contribution in [0, 0.1) is 123 Å². The maximum Gasteiger partial charge on any atom is 0.200 e. The van der Waals surface area contributed by atoms with Gasteiger partial charge in [0.2, 0.25) is 0 Å². The van der Waals surface area contributed by atoms with Crippen molar-refractivity contribution in [3.05, 3.63) is 201 Å². The molecule has 0 spiro atoms. The molecule has 0 atom stereocenters. The van der Waals surface area contributed by atoms with Gasteiger partial charge in [-0.25, -0.2) is 92.8 Å². The summed E-state index contributed by atoms with van der Waals surface area (Å²) >= 11 is 0. The van der Waals surface area contributed by atoms with E-state index < -0.39 is 144 Å². The Bertz CT molecular complexity index is 2660. The van der Waals surface area contributed by atoms with E-state index in [9.17, 15) is 52.7 Å². The molecule has 0 unspecified atom stereocenters. The Labute approximate surface area is 350 Å². The Hall–Kier alpha value is -6.94. The van der Waals surface area contributed by atoms with Crippen molar-refractivity contribution in [1.29, 1.82) is 0 Å². The van der Waals surface area contributed by atoms with Crippen LogP contribution in [0.3, 0.4) is 0 Å². The fourth-order valence-electron chi connectivity index (χ4n) is 7.15. The van der Waals surface area contributed by atoms with Crippen LogP contribution in [0.25, 0.3) is 11.3 Å². The topological polar surface area (TPSA) is 16.8 Å². The average molecular weight is 940 g/mol. The number of rotatable bonds is 7. The molecule has 0 fully saturated rings. The van der Waals surface area contributed by atoms with Crippen LogP contribution in [0.2, 0.25) is 0 Å². The molecule has 338 valence electrons. The van der Waals surface area contributed by atoms with Gasteiger partial charge in [-0.05, 0) is 13.0 Å². The maximum absolute atomic E-state index is 15.4. The number of hydrogen-bond acceptors (Lipinski definition) is 1. The first-order chi connectivity index (χ1) is 30.5. The third-order valence-electron chi connectivity index (χ3n) is 9.99. The van der Waals surface area contributed by atoms with Crippen molar-refractivity contribution in [2.24, 2.45) is 0 Å². The third kappa shape index (κ3) is 7.79. The van der Waals surface area contributed by atoms with Gasteiger partial charge in [-0.1, -0.05) is 54.1 Å². The zero-order valence-corrected chi connectivity index (χ0v) is 31.7. The van der Waals surface area contributed by atoms with E-state index in [4.69, 9.17) is 0 Å². The van der Waals surface area contributed by atoms with Crippen molar-refractivity contribution in [3.8, 4) is 11.3 Å². The molecule has 0 radical (unpaired) electrons. The van der Waals surface area contributed by atoms with Crippen LogP contribution in [0.15, 0.2) is 73.2 Å². The van der Waals surface area contributed by atoms with E-state index in [0.717, 1.165) is 17.8 Å². The normalized spacial score (nSPS) is 11.5. The van der Waals surface area contributed by atoms with Crippen molar-refractivity contribution in [2.75, 3.05) is 0 Å². The first-order valence-electron chi connectivity index (χ1n) is 17.7. The summed E-state index contributed by atoms with van der Waals surface area (Å²) in [5.74, 6) is -71.4. The van der Waals surface area contributed by atoms with E-state index in [1.165, 1.54) is 11.1 Å². The molecule has 0 amide bonds. The van der Waals surface area contributed by atoms with Gasteiger partial charge in [0.15, 0.2) is 88.7 Å². The van der Waals surface area contributed by atoms with Crippen LogP contribution in [0.1, 0.15) is 11.1 Å². The van der Waals surface area contributed by atoms with Crippen LogP contribution in [0.4, 0.5) is 87.8 Å². The van der Waals surface area contributed by atoms with Crippen molar-refractivity contribution in [3.63, 3.8) is 0 Å². The van der Waals surface area contributed by atoms with Gasteiger partial charge < -0.3 is 0 Å². The van der Waals surface area contributed by atoms with E-state index in [0.29, 0.717) is 0 Å². The summed E-state index contributed by atoms with van der Waals surface area (Å²) in [7, 11) is 0. The van der Waals surface area contributed by atoms with Gasteiger partial charge in [0, 0.05) is 11.1 Å². The molecule has 0 N–H and O–H groups in total. The Morgan fingerprint density at radius 2 is 0.723 bits per heavy atom. The quantitative estimate of drug-likeness (QED) is 0.0513. The first-order valence-corrected chi connectivity index (χ1v) is 17.7. The minimum atomic E-state index is -7.22. The summed E-state index contributed by atoms with van der Waals surface area (Å²) in [6.45, 7) is 2.96. The summed E-state index contributed by atoms with van der Waals surface area (Å²) in [6.07, 6.45) is -1.25. The highest BCUT2D eigenvalue weighted by Crippen LogP contribution is 2.31. The molecule has 2 nitrogen and oxygen atoms in total. The highest BCUT2D eigenvalue weighted by atomic mass is 19.2. The molecule has 0 bridgehead atoms. The smallest absolute Gasteiger partial charge is 0.200 e. The fourth-order valence-corrected chi connectivity index (χ4v) is 7.15. The highest BCUT2D eigenvalue weighted by molar-refractivity contribution is 7.20. The summed E-state index contributed by atoms with van der Waals surface area (Å²) in [5, 5.41) is 0. The lowest BCUT2D eigenvalue weighted by molar-refractivity contribution is -0.688. The molecule has 23 heteroatoms. The Morgan fingerprint density at radius 3 is 1.05 bits per heavy atom. The Balaban J connectivity index is 0.000000289. The second-order valence-corrected chi connectivity index (χ2v) is 13.8. The fraction of sp³-hybridized carbons (Fsp3) is 0.0476. The van der Waals surface area contributed by atoms with Gasteiger partial charge in [0.1, 0.15) is 58.4 Å². The molecular weight excluding hydrogens is 923 g/mol. The summed E-state index contributed by atoms with van der Waals surface area (Å²) < 4.78 is 296. The maximum atomic E-state index is 15.4. The molecule has 0 aliphatic carbocycles. The summed E-state index contributed by atoms with van der Waals surface area (Å²) in [4.78, 5) is 4.47. The van der Waals surface area contributed by atoms with Gasteiger partial charge in [-0.15, -0.1) is 21.9 Å². The molecule has 65 heavy (non-hydrogen) atoms. The number of halogens is 20. The predicted octanol–water partition coefficient (Wildman–Crippen LogP) is 9.24. The van der Waals surface area contributed by atoms with Crippen LogP contribution in [-0.2, 0) is 6.54 Å². The minimum absolute atomic E-state index is 0.863. The van der Waals surface area contributed by atoms with Crippen LogP contribution >= 0.6 is 0 Å². The molecule has 1 heterocycles. The average Bonchev–Trinajstić information content (AvgIpc) is 3.29. The van der Waals surface area contributed by atoms with Gasteiger partial charge >= 0.3 is 0 Å². The predicted molar refractivity (Wildman–Crippen MR) is 189 cm³/mol. The standard InChI is InChI=1S/C24BF20.C18H17N2/c26-5-1(6(27)14(35)21(42)13(5)34)25(2-7(28)15(36)22(43)16(37)8(2)29,3-9(30)17(38)23(44)18(39)10(3)31)4-11(32)19(40)24(45)20(41)12(4)33;1-15-6-5-9-17(12-15)18-14-20(11-10-19-18)13-16-7-3-2-4-8-16/h;2-12,14H,13H2,1H3/q-1;+1. The molecule has 7 aromatic rings. The summed E-state index contributed by atoms with van der Waals surface area (Å²) in [6, 6.07) is 18.9. The van der Waals surface area contributed by atoms with Crippen molar-refractivity contribution < 1.29 is 92.4 Å². The minimum Gasteiger partial charge on any atom is -0.244 e. The van der Waals surface area contributed by atoms with Crippen molar-refractivity contribution in [2.45, 2.75) is 13.5 Å².